The van der Waals surface area contributed by atoms with Gasteiger partial charge in [0.2, 0.25) is 18.6 Å². The number of anilines is 1. The number of amides is 3. The molecule has 0 spiro atoms. The molecule has 2 heterocycles. The molecule has 1 saturated heterocycles. The first-order valence-corrected chi connectivity index (χ1v) is 11.1. The smallest absolute Gasteiger partial charge is 0.328 e. The number of fused-ring (bicyclic) bond motifs is 1. The van der Waals surface area contributed by atoms with Crippen LogP contribution in [0.2, 0.25) is 0 Å². The molecule has 10 heteroatoms. The number of nitrogens with zero attached hydrogens (tertiary/aromatic N) is 2. The summed E-state index contributed by atoms with van der Waals surface area (Å²) in [6.07, 6.45) is 2.18. The van der Waals surface area contributed by atoms with Crippen LogP contribution in [0.1, 0.15) is 25.3 Å². The van der Waals surface area contributed by atoms with Crippen molar-refractivity contribution in [2.24, 2.45) is 0 Å². The van der Waals surface area contributed by atoms with Crippen LogP contribution in [0.3, 0.4) is 0 Å². The summed E-state index contributed by atoms with van der Waals surface area (Å²) in [5, 5.41) is 8.94. The van der Waals surface area contributed by atoms with Crippen LogP contribution in [0.25, 0.3) is 0 Å². The zero-order valence-corrected chi connectivity index (χ0v) is 19.0. The summed E-state index contributed by atoms with van der Waals surface area (Å²) >= 11 is 0. The summed E-state index contributed by atoms with van der Waals surface area (Å²) in [5.74, 6) is -1.38. The number of carbonyl (C=O) groups excluding carboxylic acids is 3. The highest BCUT2D eigenvalue weighted by Gasteiger charge is 2.44. The molecule has 2 aromatic carbocycles. The van der Waals surface area contributed by atoms with E-state index in [0.717, 1.165) is 17.4 Å². The second-order valence-corrected chi connectivity index (χ2v) is 7.95. The molecule has 0 radical (unpaired) electrons. The van der Waals surface area contributed by atoms with Crippen molar-refractivity contribution >= 4 is 29.4 Å². The van der Waals surface area contributed by atoms with E-state index in [2.05, 4.69) is 0 Å². The van der Waals surface area contributed by atoms with E-state index in [1.165, 1.54) is 4.90 Å². The minimum Gasteiger partial charge on any atom is -0.494 e. The van der Waals surface area contributed by atoms with Crippen molar-refractivity contribution in [2.75, 3.05) is 18.3 Å². The van der Waals surface area contributed by atoms with E-state index in [1.807, 2.05) is 6.92 Å². The van der Waals surface area contributed by atoms with E-state index in [-0.39, 0.29) is 19.8 Å². The van der Waals surface area contributed by atoms with Gasteiger partial charge in [-0.1, -0.05) is 13.0 Å². The molecule has 1 fully saturated rings. The predicted molar refractivity (Wildman–Crippen MR) is 123 cm³/mol. The van der Waals surface area contributed by atoms with Crippen molar-refractivity contribution in [3.8, 4) is 17.2 Å². The van der Waals surface area contributed by atoms with Gasteiger partial charge >= 0.3 is 5.97 Å². The average Bonchev–Trinajstić information content (AvgIpc) is 3.43. The number of carbonyl (C=O) groups is 4. The zero-order chi connectivity index (χ0) is 24.9. The lowest BCUT2D eigenvalue weighted by Crippen LogP contribution is -2.44. The van der Waals surface area contributed by atoms with Gasteiger partial charge in [0, 0.05) is 18.7 Å². The minimum absolute atomic E-state index is 0.0409. The van der Waals surface area contributed by atoms with E-state index in [9.17, 15) is 19.2 Å². The van der Waals surface area contributed by atoms with Crippen molar-refractivity contribution in [3.63, 3.8) is 0 Å². The van der Waals surface area contributed by atoms with Crippen molar-refractivity contribution in [2.45, 2.75) is 32.4 Å². The standard InChI is InChI=1S/C25H24N2O8/c1-2-11-33-18-6-4-17(5-7-18)27-23(29)13-19(25(27)32)26(22(28)9-10-24(30)31)14-16-3-8-20-21(12-16)35-15-34-20/h3-10,12,19H,2,11,13-15H2,1H3,(H,30,31)/b10-9+/t19-/m0/s1. The maximum Gasteiger partial charge on any atom is 0.328 e. The van der Waals surface area contributed by atoms with Crippen LogP contribution in [0.4, 0.5) is 5.69 Å². The fraction of sp³-hybridized carbons (Fsp3) is 0.280. The van der Waals surface area contributed by atoms with Crippen molar-refractivity contribution < 1.29 is 38.5 Å². The first-order chi connectivity index (χ1) is 16.9. The summed E-state index contributed by atoms with van der Waals surface area (Å²) in [6.45, 7) is 2.57. The van der Waals surface area contributed by atoms with E-state index in [1.54, 1.807) is 42.5 Å². The Balaban J connectivity index is 1.59. The molecule has 1 atom stereocenters. The van der Waals surface area contributed by atoms with Gasteiger partial charge in [0.15, 0.2) is 11.5 Å². The van der Waals surface area contributed by atoms with Gasteiger partial charge in [-0.25, -0.2) is 9.69 Å². The molecule has 3 amide bonds. The fourth-order valence-electron chi connectivity index (χ4n) is 3.86. The lowest BCUT2D eigenvalue weighted by atomic mass is 10.1. The summed E-state index contributed by atoms with van der Waals surface area (Å²) < 4.78 is 16.2. The lowest BCUT2D eigenvalue weighted by Gasteiger charge is -2.27. The van der Waals surface area contributed by atoms with E-state index in [4.69, 9.17) is 19.3 Å². The summed E-state index contributed by atoms with van der Waals surface area (Å²) in [6, 6.07) is 10.5. The van der Waals surface area contributed by atoms with Crippen molar-refractivity contribution in [3.05, 3.63) is 60.2 Å². The number of benzene rings is 2. The Bertz CT molecular complexity index is 1170. The van der Waals surface area contributed by atoms with Crippen LogP contribution in [0.5, 0.6) is 17.2 Å². The third kappa shape index (κ3) is 5.26. The van der Waals surface area contributed by atoms with Gasteiger partial charge in [0.05, 0.1) is 18.7 Å². The number of carboxylic acid groups (broad SMARTS) is 1. The maximum atomic E-state index is 13.3. The molecule has 182 valence electrons. The Labute approximate surface area is 201 Å². The predicted octanol–water partition coefficient (Wildman–Crippen LogP) is 2.51. The molecular formula is C25H24N2O8. The molecule has 10 nitrogen and oxygen atoms in total. The van der Waals surface area contributed by atoms with Gasteiger partial charge in [-0.2, -0.15) is 0 Å². The van der Waals surface area contributed by atoms with Gasteiger partial charge in [0.1, 0.15) is 11.8 Å². The van der Waals surface area contributed by atoms with E-state index >= 15 is 0 Å². The second kappa shape index (κ2) is 10.3. The van der Waals surface area contributed by atoms with Crippen LogP contribution in [0, 0.1) is 0 Å². The Hall–Kier alpha value is -4.34. The van der Waals surface area contributed by atoms with Gasteiger partial charge in [0.25, 0.3) is 5.91 Å². The number of imide groups is 1. The number of carboxylic acids is 1. The molecule has 1 N–H and O–H groups in total. The van der Waals surface area contributed by atoms with E-state index in [0.29, 0.717) is 41.2 Å². The molecule has 4 rings (SSSR count). The van der Waals surface area contributed by atoms with Crippen LogP contribution in [0.15, 0.2) is 54.6 Å². The summed E-state index contributed by atoms with van der Waals surface area (Å²) in [5.41, 5.74) is 0.991. The highest BCUT2D eigenvalue weighted by atomic mass is 16.7. The number of aliphatic carboxylic acids is 1. The first-order valence-electron chi connectivity index (χ1n) is 11.1. The Morgan fingerprint density at radius 2 is 1.86 bits per heavy atom. The number of hydrogen-bond donors (Lipinski definition) is 1. The maximum absolute atomic E-state index is 13.3. The molecule has 2 aliphatic rings. The highest BCUT2D eigenvalue weighted by Crippen LogP contribution is 2.34. The molecule has 0 unspecified atom stereocenters. The molecular weight excluding hydrogens is 456 g/mol. The molecule has 0 aliphatic carbocycles. The number of ether oxygens (including phenoxy) is 3. The van der Waals surface area contributed by atoms with Gasteiger partial charge in [-0.05, 0) is 48.4 Å². The van der Waals surface area contributed by atoms with E-state index < -0.39 is 29.7 Å². The van der Waals surface area contributed by atoms with Crippen molar-refractivity contribution in [1.29, 1.82) is 0 Å². The number of rotatable bonds is 9. The largest absolute Gasteiger partial charge is 0.494 e. The van der Waals surface area contributed by atoms with Crippen molar-refractivity contribution in [1.82, 2.24) is 4.90 Å². The second-order valence-electron chi connectivity index (χ2n) is 7.95. The normalized spacial score (nSPS) is 16.7. The third-order valence-corrected chi connectivity index (χ3v) is 5.51. The lowest BCUT2D eigenvalue weighted by molar-refractivity contribution is -0.135. The molecule has 0 saturated carbocycles. The molecule has 0 aromatic heterocycles. The molecule has 2 aromatic rings. The molecule has 35 heavy (non-hydrogen) atoms. The van der Waals surface area contributed by atoms with Gasteiger partial charge in [-0.3, -0.25) is 14.4 Å². The average molecular weight is 480 g/mol. The topological polar surface area (TPSA) is 123 Å². The molecule has 2 aliphatic heterocycles. The van der Waals surface area contributed by atoms with Crippen LogP contribution < -0.4 is 19.1 Å². The van der Waals surface area contributed by atoms with Crippen LogP contribution in [-0.2, 0) is 25.7 Å². The fourth-order valence-corrected chi connectivity index (χ4v) is 3.86. The summed E-state index contributed by atoms with van der Waals surface area (Å²) in [4.78, 5) is 52.3. The van der Waals surface area contributed by atoms with Gasteiger partial charge < -0.3 is 24.2 Å². The molecule has 0 bridgehead atoms. The van der Waals surface area contributed by atoms with Crippen LogP contribution in [-0.4, -0.2) is 53.1 Å². The quantitative estimate of drug-likeness (QED) is 0.429. The summed E-state index contributed by atoms with van der Waals surface area (Å²) in [7, 11) is 0. The Morgan fingerprint density at radius 3 is 2.57 bits per heavy atom. The monoisotopic (exact) mass is 480 g/mol. The minimum atomic E-state index is -1.30. The SMILES string of the molecule is CCCOc1ccc(N2C(=O)C[C@H](N(Cc3ccc4c(c3)OCO4)C(=O)/C=C/C(=O)O)C2=O)cc1. The Kier molecular flexibility index (Phi) is 7.00. The number of hydrogen-bond acceptors (Lipinski definition) is 7. The Morgan fingerprint density at radius 1 is 1.11 bits per heavy atom. The third-order valence-electron chi connectivity index (χ3n) is 5.51. The van der Waals surface area contributed by atoms with Crippen LogP contribution >= 0.6 is 0 Å². The highest BCUT2D eigenvalue weighted by molar-refractivity contribution is 6.23. The van der Waals surface area contributed by atoms with Gasteiger partial charge in [-0.15, -0.1) is 0 Å². The zero-order valence-electron chi connectivity index (χ0n) is 19.0. The first kappa shape index (κ1) is 23.8.